The molecule has 1 amide bonds. The number of nitrogens with one attached hydrogen (secondary N) is 3. The predicted molar refractivity (Wildman–Crippen MR) is 129 cm³/mol. The molecule has 0 aliphatic heterocycles. The van der Waals surface area contributed by atoms with Crippen molar-refractivity contribution in [3.05, 3.63) is 83.4 Å². The molecule has 4 aromatic rings. The Balaban J connectivity index is 1.64. The summed E-state index contributed by atoms with van der Waals surface area (Å²) in [5.41, 5.74) is 1.72. The molecule has 0 saturated heterocycles. The summed E-state index contributed by atoms with van der Waals surface area (Å²) >= 11 is 5.86. The molecule has 178 valence electrons. The Morgan fingerprint density at radius 1 is 0.857 bits per heavy atom. The van der Waals surface area contributed by atoms with Crippen LogP contribution in [0.4, 0.5) is 17.3 Å². The molecular weight excluding hydrogens is 494 g/mol. The summed E-state index contributed by atoms with van der Waals surface area (Å²) < 4.78 is 28.3. The van der Waals surface area contributed by atoms with Gasteiger partial charge in [-0.25, -0.2) is 18.4 Å². The summed E-state index contributed by atoms with van der Waals surface area (Å²) in [6, 6.07) is 18.7. The zero-order valence-electron chi connectivity index (χ0n) is 17.9. The van der Waals surface area contributed by atoms with Crippen LogP contribution in [-0.2, 0) is 14.8 Å². The normalized spacial score (nSPS) is 11.1. The average Bonchev–Trinajstić information content (AvgIpc) is 2.83. The second-order valence-corrected chi connectivity index (χ2v) is 9.34. The summed E-state index contributed by atoms with van der Waals surface area (Å²) in [5.74, 6) is -1.88. The number of halogens is 1. The predicted octanol–water partition coefficient (Wildman–Crippen LogP) is 2.31. The van der Waals surface area contributed by atoms with E-state index in [0.29, 0.717) is 21.7 Å². The number of para-hydroxylation sites is 2. The number of hydrogen-bond acceptors (Lipinski definition) is 8. The number of carboxylic acids is 1. The molecular formula is C23H17ClN5O5S-. The summed E-state index contributed by atoms with van der Waals surface area (Å²) in [6.07, 6.45) is 0. The fraction of sp³-hybridized carbons (Fsp3) is 0.0435. The van der Waals surface area contributed by atoms with E-state index in [1.54, 1.807) is 36.4 Å². The molecule has 1 heterocycles. The standard InChI is InChI=1S/C23H18ClN5O5S/c24-15-7-11-17(12-8-15)35(33,34)29-22-21(27-18-3-1-2-4-19(18)28-22)26-16-9-5-14(6-10-16)23(32)25-13-20(30)31/h1-12H,13H2,(H,25,32)(H,26,27)(H,28,29)(H,30,31)/p-1. The van der Waals surface area contributed by atoms with Crippen LogP contribution in [0.2, 0.25) is 5.02 Å². The van der Waals surface area contributed by atoms with Crippen molar-refractivity contribution in [2.45, 2.75) is 4.90 Å². The molecule has 12 heteroatoms. The third kappa shape index (κ3) is 5.83. The largest absolute Gasteiger partial charge is 0.548 e. The smallest absolute Gasteiger partial charge is 0.263 e. The first-order chi connectivity index (χ1) is 16.7. The molecule has 0 atom stereocenters. The number of sulfonamides is 1. The quantitative estimate of drug-likeness (QED) is 0.326. The van der Waals surface area contributed by atoms with Gasteiger partial charge in [-0.1, -0.05) is 23.7 Å². The number of amides is 1. The topological polar surface area (TPSA) is 153 Å². The Labute approximate surface area is 205 Å². The van der Waals surface area contributed by atoms with Gasteiger partial charge >= 0.3 is 0 Å². The lowest BCUT2D eigenvalue weighted by atomic mass is 10.2. The van der Waals surface area contributed by atoms with Gasteiger partial charge in [-0.05, 0) is 60.7 Å². The third-order valence-electron chi connectivity index (χ3n) is 4.73. The van der Waals surface area contributed by atoms with Gasteiger partial charge in [-0.3, -0.25) is 9.52 Å². The Morgan fingerprint density at radius 3 is 2.06 bits per heavy atom. The van der Waals surface area contributed by atoms with Crippen LogP contribution >= 0.6 is 11.6 Å². The Kier molecular flexibility index (Phi) is 6.80. The first-order valence-electron chi connectivity index (χ1n) is 10.1. The lowest BCUT2D eigenvalue weighted by molar-refractivity contribution is -0.303. The number of carboxylic acid groups (broad SMARTS) is 1. The summed E-state index contributed by atoms with van der Waals surface area (Å²) in [5, 5.41) is 16.1. The van der Waals surface area contributed by atoms with E-state index in [2.05, 4.69) is 25.3 Å². The minimum absolute atomic E-state index is 0.00488. The molecule has 0 fully saturated rings. The number of carbonyl (C=O) groups is 2. The lowest BCUT2D eigenvalue weighted by Crippen LogP contribution is -2.37. The van der Waals surface area contributed by atoms with Gasteiger partial charge in [0.05, 0.1) is 28.4 Å². The molecule has 0 saturated carbocycles. The van der Waals surface area contributed by atoms with Crippen molar-refractivity contribution in [3.63, 3.8) is 0 Å². The maximum atomic E-state index is 12.9. The van der Waals surface area contributed by atoms with Gasteiger partial charge in [0, 0.05) is 16.3 Å². The van der Waals surface area contributed by atoms with Crippen molar-refractivity contribution >= 4 is 61.9 Å². The average molecular weight is 511 g/mol. The van der Waals surface area contributed by atoms with E-state index in [-0.39, 0.29) is 22.1 Å². The van der Waals surface area contributed by atoms with Crippen molar-refractivity contribution in [1.29, 1.82) is 0 Å². The van der Waals surface area contributed by atoms with Gasteiger partial charge in [-0.15, -0.1) is 0 Å². The van der Waals surface area contributed by atoms with E-state index in [4.69, 9.17) is 11.6 Å². The molecule has 0 unspecified atom stereocenters. The van der Waals surface area contributed by atoms with Crippen LogP contribution in [-0.4, -0.2) is 36.8 Å². The summed E-state index contributed by atoms with van der Waals surface area (Å²) in [6.45, 7) is -0.608. The number of hydrogen-bond donors (Lipinski definition) is 3. The molecule has 35 heavy (non-hydrogen) atoms. The van der Waals surface area contributed by atoms with E-state index in [0.717, 1.165) is 0 Å². The van der Waals surface area contributed by atoms with Crippen molar-refractivity contribution < 1.29 is 23.1 Å². The minimum Gasteiger partial charge on any atom is -0.548 e. The highest BCUT2D eigenvalue weighted by atomic mass is 35.5. The van der Waals surface area contributed by atoms with Crippen LogP contribution in [0.1, 0.15) is 10.4 Å². The second kappa shape index (κ2) is 9.95. The fourth-order valence-corrected chi connectivity index (χ4v) is 4.19. The number of fused-ring (bicyclic) bond motifs is 1. The molecule has 3 aromatic carbocycles. The van der Waals surface area contributed by atoms with Gasteiger partial charge in [-0.2, -0.15) is 0 Å². The molecule has 0 spiro atoms. The van der Waals surface area contributed by atoms with Crippen LogP contribution in [0.25, 0.3) is 11.0 Å². The van der Waals surface area contributed by atoms with Gasteiger partial charge in [0.25, 0.3) is 15.9 Å². The monoisotopic (exact) mass is 510 g/mol. The Hall–Kier alpha value is -4.22. The number of benzene rings is 3. The van der Waals surface area contributed by atoms with Gasteiger partial charge in [0.2, 0.25) is 0 Å². The molecule has 3 N–H and O–H groups in total. The number of rotatable bonds is 8. The molecule has 0 bridgehead atoms. The highest BCUT2D eigenvalue weighted by Crippen LogP contribution is 2.27. The van der Waals surface area contributed by atoms with E-state index >= 15 is 0 Å². The number of nitrogens with zero attached hydrogens (tertiary/aromatic N) is 2. The fourth-order valence-electron chi connectivity index (χ4n) is 3.05. The molecule has 0 aliphatic carbocycles. The zero-order valence-corrected chi connectivity index (χ0v) is 19.4. The molecule has 4 rings (SSSR count). The maximum Gasteiger partial charge on any atom is 0.263 e. The van der Waals surface area contributed by atoms with E-state index in [9.17, 15) is 23.1 Å². The minimum atomic E-state index is -4.00. The molecule has 1 aromatic heterocycles. The highest BCUT2D eigenvalue weighted by molar-refractivity contribution is 7.92. The van der Waals surface area contributed by atoms with Crippen LogP contribution in [0.3, 0.4) is 0 Å². The van der Waals surface area contributed by atoms with Crippen LogP contribution in [0, 0.1) is 0 Å². The number of aromatic nitrogens is 2. The third-order valence-corrected chi connectivity index (χ3v) is 6.34. The number of aliphatic carboxylic acids is 1. The maximum absolute atomic E-state index is 12.9. The van der Waals surface area contributed by atoms with Gasteiger partial charge in [0.15, 0.2) is 11.6 Å². The van der Waals surface area contributed by atoms with Gasteiger partial charge < -0.3 is 20.5 Å². The van der Waals surface area contributed by atoms with Crippen molar-refractivity contribution in [2.24, 2.45) is 0 Å². The number of anilines is 3. The summed E-state index contributed by atoms with van der Waals surface area (Å²) in [4.78, 5) is 31.4. The van der Waals surface area contributed by atoms with Crippen LogP contribution < -0.4 is 20.5 Å². The first kappa shape index (κ1) is 23.9. The van der Waals surface area contributed by atoms with Crippen molar-refractivity contribution in [2.75, 3.05) is 16.6 Å². The van der Waals surface area contributed by atoms with Crippen molar-refractivity contribution in [1.82, 2.24) is 15.3 Å². The summed E-state index contributed by atoms with van der Waals surface area (Å²) in [7, 11) is -4.00. The number of carbonyl (C=O) groups excluding carboxylic acids is 2. The second-order valence-electron chi connectivity index (χ2n) is 7.23. The van der Waals surface area contributed by atoms with Crippen LogP contribution in [0.5, 0.6) is 0 Å². The van der Waals surface area contributed by atoms with Gasteiger partial charge in [0.1, 0.15) is 0 Å². The molecule has 10 nitrogen and oxygen atoms in total. The molecule has 0 radical (unpaired) electrons. The first-order valence-corrected chi connectivity index (χ1v) is 12.0. The van der Waals surface area contributed by atoms with Crippen LogP contribution in [0.15, 0.2) is 77.7 Å². The highest BCUT2D eigenvalue weighted by Gasteiger charge is 2.19. The molecule has 0 aliphatic rings. The van der Waals surface area contributed by atoms with E-state index in [1.807, 2.05) is 0 Å². The van der Waals surface area contributed by atoms with Crippen molar-refractivity contribution in [3.8, 4) is 0 Å². The lowest BCUT2D eigenvalue weighted by Gasteiger charge is -2.14. The SMILES string of the molecule is O=C([O-])CNC(=O)c1ccc(Nc2nc3ccccc3nc2NS(=O)(=O)c2ccc(Cl)cc2)cc1. The zero-order chi connectivity index (χ0) is 25.0. The van der Waals surface area contributed by atoms with E-state index in [1.165, 1.54) is 36.4 Å². The van der Waals surface area contributed by atoms with E-state index < -0.39 is 28.4 Å². The Morgan fingerprint density at radius 2 is 1.46 bits per heavy atom. The Bertz CT molecular complexity index is 1510.